The maximum atomic E-state index is 12.5. The molecule has 154 valence electrons. The van der Waals surface area contributed by atoms with Crippen LogP contribution in [0.2, 0.25) is 0 Å². The van der Waals surface area contributed by atoms with Gasteiger partial charge in [0.05, 0.1) is 6.42 Å². The number of nitrogens with zero attached hydrogens (tertiary/aromatic N) is 2. The van der Waals surface area contributed by atoms with Crippen molar-refractivity contribution in [2.75, 3.05) is 18.5 Å². The number of amides is 1. The Balaban J connectivity index is 1.24. The summed E-state index contributed by atoms with van der Waals surface area (Å²) in [5.74, 6) is 1.52. The molecule has 0 spiro atoms. The molecule has 0 radical (unpaired) electrons. The number of hydrogen-bond acceptors (Lipinski definition) is 6. The number of benzene rings is 3. The molecule has 1 aliphatic heterocycles. The maximum absolute atomic E-state index is 12.5. The molecular weight excluding hydrogens is 394 g/mol. The molecule has 1 amide bonds. The van der Waals surface area contributed by atoms with Gasteiger partial charge in [0.15, 0.2) is 11.5 Å². The number of rotatable bonds is 5. The van der Waals surface area contributed by atoms with Gasteiger partial charge < -0.3 is 13.9 Å². The van der Waals surface area contributed by atoms with Gasteiger partial charge in [-0.3, -0.25) is 10.1 Å². The molecular formula is C24H19N3O4. The highest BCUT2D eigenvalue weighted by molar-refractivity contribution is 6.03. The summed E-state index contributed by atoms with van der Waals surface area (Å²) in [6, 6.07) is 23.1. The van der Waals surface area contributed by atoms with Crippen LogP contribution in [0.3, 0.4) is 0 Å². The van der Waals surface area contributed by atoms with Gasteiger partial charge in [0.25, 0.3) is 5.91 Å². The first-order chi connectivity index (χ1) is 15.2. The quantitative estimate of drug-likeness (QED) is 0.523. The van der Waals surface area contributed by atoms with Gasteiger partial charge in [-0.15, -0.1) is 5.10 Å². The van der Waals surface area contributed by atoms with Gasteiger partial charge in [-0.2, -0.15) is 0 Å². The van der Waals surface area contributed by atoms with Crippen molar-refractivity contribution >= 4 is 11.9 Å². The van der Waals surface area contributed by atoms with Crippen molar-refractivity contribution in [2.45, 2.75) is 6.42 Å². The molecule has 0 saturated heterocycles. The molecule has 0 saturated carbocycles. The van der Waals surface area contributed by atoms with E-state index in [1.807, 2.05) is 60.7 Å². The number of carbonyl (C=O) groups is 1. The van der Waals surface area contributed by atoms with Crippen molar-refractivity contribution in [2.24, 2.45) is 0 Å². The Morgan fingerprint density at radius 2 is 1.58 bits per heavy atom. The number of nitrogens with one attached hydrogen (secondary N) is 1. The lowest BCUT2D eigenvalue weighted by atomic mass is 10.0. The van der Waals surface area contributed by atoms with E-state index in [2.05, 4.69) is 15.5 Å². The lowest BCUT2D eigenvalue weighted by Crippen LogP contribution is -2.15. The summed E-state index contributed by atoms with van der Waals surface area (Å²) in [6.07, 6.45) is 0.422. The van der Waals surface area contributed by atoms with Crippen molar-refractivity contribution < 1.29 is 18.7 Å². The van der Waals surface area contributed by atoms with Crippen LogP contribution in [0.5, 0.6) is 11.5 Å². The molecule has 1 aliphatic rings. The van der Waals surface area contributed by atoms with Crippen molar-refractivity contribution in [3.63, 3.8) is 0 Å². The Hall–Kier alpha value is -4.13. The minimum Gasteiger partial charge on any atom is -0.486 e. The molecule has 2 heterocycles. The van der Waals surface area contributed by atoms with Crippen LogP contribution in [-0.2, 0) is 6.42 Å². The summed E-state index contributed by atoms with van der Waals surface area (Å²) in [6.45, 7) is 1.08. The smallest absolute Gasteiger partial charge is 0.322 e. The Kier molecular flexibility index (Phi) is 5.06. The SMILES string of the molecule is O=C(Nc1nnc(Cc2ccc3c(c2)OCCO3)o1)c1ccc(-c2ccccc2)cc1. The fourth-order valence-corrected chi connectivity index (χ4v) is 3.36. The molecule has 0 bridgehead atoms. The third-order valence-corrected chi connectivity index (χ3v) is 4.90. The summed E-state index contributed by atoms with van der Waals surface area (Å²) in [5, 5.41) is 10.6. The Bertz CT molecular complexity index is 1200. The number of hydrogen-bond donors (Lipinski definition) is 1. The number of fused-ring (bicyclic) bond motifs is 1. The zero-order valence-corrected chi connectivity index (χ0v) is 16.6. The Morgan fingerprint density at radius 1 is 0.839 bits per heavy atom. The van der Waals surface area contributed by atoms with Crippen LogP contribution in [-0.4, -0.2) is 29.3 Å². The summed E-state index contributed by atoms with van der Waals surface area (Å²) in [7, 11) is 0. The van der Waals surface area contributed by atoms with Gasteiger partial charge in [0, 0.05) is 5.56 Å². The van der Waals surface area contributed by atoms with Gasteiger partial charge in [0.1, 0.15) is 13.2 Å². The number of anilines is 1. The summed E-state index contributed by atoms with van der Waals surface area (Å²) in [4.78, 5) is 12.5. The van der Waals surface area contributed by atoms with Crippen molar-refractivity contribution in [3.05, 3.63) is 89.8 Å². The zero-order valence-electron chi connectivity index (χ0n) is 16.6. The first-order valence-corrected chi connectivity index (χ1v) is 9.92. The summed E-state index contributed by atoms with van der Waals surface area (Å²) < 4.78 is 16.7. The Morgan fingerprint density at radius 3 is 2.39 bits per heavy atom. The summed E-state index contributed by atoms with van der Waals surface area (Å²) >= 11 is 0. The van der Waals surface area contributed by atoms with Crippen LogP contribution in [0, 0.1) is 0 Å². The second-order valence-corrected chi connectivity index (χ2v) is 7.05. The van der Waals surface area contributed by atoms with E-state index in [1.54, 1.807) is 12.1 Å². The molecule has 1 N–H and O–H groups in total. The number of carbonyl (C=O) groups excluding carboxylic acids is 1. The van der Waals surface area contributed by atoms with E-state index in [0.29, 0.717) is 36.8 Å². The highest BCUT2D eigenvalue weighted by Gasteiger charge is 2.15. The third kappa shape index (κ3) is 4.25. The third-order valence-electron chi connectivity index (χ3n) is 4.90. The molecule has 3 aromatic carbocycles. The second-order valence-electron chi connectivity index (χ2n) is 7.05. The first kappa shape index (κ1) is 18.9. The molecule has 4 aromatic rings. The van der Waals surface area contributed by atoms with E-state index >= 15 is 0 Å². The van der Waals surface area contributed by atoms with Gasteiger partial charge in [-0.1, -0.05) is 53.6 Å². The topological polar surface area (TPSA) is 86.5 Å². The standard InChI is InChI=1S/C24H19N3O4/c28-23(19-9-7-18(8-10-19)17-4-2-1-3-5-17)25-24-27-26-22(31-24)15-16-6-11-20-21(14-16)30-13-12-29-20/h1-11,14H,12-13,15H2,(H,25,27,28). The molecule has 7 heteroatoms. The van der Waals surface area contributed by atoms with E-state index < -0.39 is 0 Å². The van der Waals surface area contributed by atoms with Crippen LogP contribution >= 0.6 is 0 Å². The highest BCUT2D eigenvalue weighted by atomic mass is 16.6. The minimum absolute atomic E-state index is 0.0599. The average molecular weight is 413 g/mol. The van der Waals surface area contributed by atoms with Crippen molar-refractivity contribution in [3.8, 4) is 22.6 Å². The normalized spacial score (nSPS) is 12.4. The predicted octanol–water partition coefficient (Wildman–Crippen LogP) is 4.35. The molecule has 0 atom stereocenters. The predicted molar refractivity (Wildman–Crippen MR) is 114 cm³/mol. The lowest BCUT2D eigenvalue weighted by molar-refractivity contribution is 0.102. The van der Waals surface area contributed by atoms with Gasteiger partial charge >= 0.3 is 6.01 Å². The van der Waals surface area contributed by atoms with Gasteiger partial charge in [0.2, 0.25) is 5.89 Å². The van der Waals surface area contributed by atoms with E-state index in [4.69, 9.17) is 13.9 Å². The van der Waals surface area contributed by atoms with Crippen molar-refractivity contribution in [1.82, 2.24) is 10.2 Å². The van der Waals surface area contributed by atoms with E-state index in [1.165, 1.54) is 0 Å². The van der Waals surface area contributed by atoms with E-state index in [-0.39, 0.29) is 11.9 Å². The zero-order chi connectivity index (χ0) is 21.0. The highest BCUT2D eigenvalue weighted by Crippen LogP contribution is 2.31. The molecule has 31 heavy (non-hydrogen) atoms. The second kappa shape index (κ2) is 8.31. The van der Waals surface area contributed by atoms with Gasteiger partial charge in [-0.05, 0) is 41.0 Å². The van der Waals surface area contributed by atoms with Crippen LogP contribution in [0.25, 0.3) is 11.1 Å². The van der Waals surface area contributed by atoms with Crippen LogP contribution in [0.15, 0.2) is 77.2 Å². The lowest BCUT2D eigenvalue weighted by Gasteiger charge is -2.18. The van der Waals surface area contributed by atoms with Crippen molar-refractivity contribution in [1.29, 1.82) is 0 Å². The maximum Gasteiger partial charge on any atom is 0.322 e. The molecule has 5 rings (SSSR count). The van der Waals surface area contributed by atoms with Crippen LogP contribution < -0.4 is 14.8 Å². The molecule has 0 aliphatic carbocycles. The molecule has 0 unspecified atom stereocenters. The van der Waals surface area contributed by atoms with Crippen LogP contribution in [0.4, 0.5) is 6.01 Å². The van der Waals surface area contributed by atoms with Crippen LogP contribution in [0.1, 0.15) is 21.8 Å². The molecule has 7 nitrogen and oxygen atoms in total. The van der Waals surface area contributed by atoms with E-state index in [0.717, 1.165) is 22.4 Å². The van der Waals surface area contributed by atoms with E-state index in [9.17, 15) is 4.79 Å². The van der Waals surface area contributed by atoms with Gasteiger partial charge in [-0.25, -0.2) is 0 Å². The average Bonchev–Trinajstić information content (AvgIpc) is 3.26. The fourth-order valence-electron chi connectivity index (χ4n) is 3.36. The largest absolute Gasteiger partial charge is 0.486 e. The first-order valence-electron chi connectivity index (χ1n) is 9.92. The molecule has 1 aromatic heterocycles. The minimum atomic E-state index is -0.311. The summed E-state index contributed by atoms with van der Waals surface area (Å²) in [5.41, 5.74) is 3.58. The Labute approximate surface area is 178 Å². The monoisotopic (exact) mass is 413 g/mol. The fraction of sp³-hybridized carbons (Fsp3) is 0.125. The number of ether oxygens (including phenoxy) is 2. The number of aromatic nitrogens is 2. The molecule has 0 fully saturated rings.